The molecule has 9 nitrogen and oxygen atoms in total. The summed E-state index contributed by atoms with van der Waals surface area (Å²) in [6.45, 7) is 2.36. The molecule has 0 aliphatic heterocycles. The highest BCUT2D eigenvalue weighted by molar-refractivity contribution is 6.00. The summed E-state index contributed by atoms with van der Waals surface area (Å²) >= 11 is 0. The molecule has 0 aromatic heterocycles. The number of carbonyl (C=O) groups is 3. The van der Waals surface area contributed by atoms with E-state index in [9.17, 15) is 14.4 Å². The number of aliphatic hydroxyl groups is 2. The summed E-state index contributed by atoms with van der Waals surface area (Å²) in [4.78, 5) is 34.1. The van der Waals surface area contributed by atoms with Crippen LogP contribution in [0.4, 0.5) is 0 Å². The summed E-state index contributed by atoms with van der Waals surface area (Å²) in [5.74, 6) is -3.29. The molecule has 0 saturated heterocycles. The van der Waals surface area contributed by atoms with Gasteiger partial charge in [0.25, 0.3) is 0 Å². The Morgan fingerprint density at radius 2 is 1.45 bits per heavy atom. The third-order valence-electron chi connectivity index (χ3n) is 2.19. The second-order valence-electron chi connectivity index (χ2n) is 3.98. The van der Waals surface area contributed by atoms with Crippen molar-refractivity contribution in [3.63, 3.8) is 0 Å². The quantitative estimate of drug-likeness (QED) is 0.346. The average Bonchev–Trinajstić information content (AvgIpc) is 2.38. The molecular formula is C13H20N2O7. The number of hydrogen-bond donors (Lipinski definition) is 4. The summed E-state index contributed by atoms with van der Waals surface area (Å²) in [5, 5.41) is 18.0. The summed E-state index contributed by atoms with van der Waals surface area (Å²) in [6, 6.07) is 5.56. The zero-order valence-corrected chi connectivity index (χ0v) is 12.3. The highest BCUT2D eigenvalue weighted by Crippen LogP contribution is 2.19. The zero-order valence-electron chi connectivity index (χ0n) is 12.3. The third kappa shape index (κ3) is 5.97. The second-order valence-corrected chi connectivity index (χ2v) is 3.98. The number of hydrogen-bond acceptors (Lipinski definition) is 9. The molecule has 0 spiro atoms. The van der Waals surface area contributed by atoms with Crippen molar-refractivity contribution in [2.24, 2.45) is 0 Å². The molecule has 124 valence electrons. The van der Waals surface area contributed by atoms with Gasteiger partial charge < -0.3 is 32.0 Å². The highest BCUT2D eigenvalue weighted by Gasteiger charge is 2.22. The fraction of sp³-hybridized carbons (Fsp3) is 0.308. The standard InChI is InChI=1S/C13H14O7.2H3N/c1-7(14)11(16)19-10-6-4-3-5-9(10)13(18)20-12(17)8(2)15;;/h3-8,14-15H,1-2H3;2*1H3. The van der Waals surface area contributed by atoms with Gasteiger partial charge in [0, 0.05) is 0 Å². The Balaban J connectivity index is 0. The van der Waals surface area contributed by atoms with E-state index in [0.29, 0.717) is 0 Å². The van der Waals surface area contributed by atoms with Gasteiger partial charge >= 0.3 is 17.9 Å². The van der Waals surface area contributed by atoms with Crippen LogP contribution in [0.2, 0.25) is 0 Å². The first kappa shape index (κ1) is 22.0. The Morgan fingerprint density at radius 3 is 1.95 bits per heavy atom. The van der Waals surface area contributed by atoms with Gasteiger partial charge in [-0.05, 0) is 26.0 Å². The van der Waals surface area contributed by atoms with E-state index in [-0.39, 0.29) is 23.6 Å². The predicted octanol–water partition coefficient (Wildman–Crippen LogP) is 0.361. The maximum Gasteiger partial charge on any atom is 0.349 e. The fourth-order valence-electron chi connectivity index (χ4n) is 1.15. The first-order chi connectivity index (χ1) is 9.32. The molecule has 0 amide bonds. The Hall–Kier alpha value is -2.33. The second kappa shape index (κ2) is 9.58. The largest absolute Gasteiger partial charge is 0.424 e. The lowest BCUT2D eigenvalue weighted by Crippen LogP contribution is -2.25. The Morgan fingerprint density at radius 1 is 0.955 bits per heavy atom. The van der Waals surface area contributed by atoms with Gasteiger partial charge in [0.1, 0.15) is 23.5 Å². The molecule has 1 aromatic rings. The minimum absolute atomic E-state index is 0. The lowest BCUT2D eigenvalue weighted by atomic mass is 10.2. The van der Waals surface area contributed by atoms with Crippen LogP contribution in [0.5, 0.6) is 5.75 Å². The first-order valence-corrected chi connectivity index (χ1v) is 5.75. The number of ether oxygens (including phenoxy) is 2. The first-order valence-electron chi connectivity index (χ1n) is 5.75. The molecule has 0 aliphatic carbocycles. The molecular weight excluding hydrogens is 296 g/mol. The Bertz CT molecular complexity index is 529. The van der Waals surface area contributed by atoms with E-state index in [1.165, 1.54) is 31.2 Å². The molecule has 0 bridgehead atoms. The van der Waals surface area contributed by atoms with Gasteiger partial charge in [0.15, 0.2) is 0 Å². The molecule has 0 heterocycles. The molecule has 8 N–H and O–H groups in total. The number of carbonyl (C=O) groups excluding carboxylic acids is 3. The predicted molar refractivity (Wildman–Crippen MR) is 75.9 cm³/mol. The third-order valence-corrected chi connectivity index (χ3v) is 2.19. The van der Waals surface area contributed by atoms with Crippen molar-refractivity contribution in [3.8, 4) is 5.75 Å². The topological polar surface area (TPSA) is 180 Å². The van der Waals surface area contributed by atoms with Crippen LogP contribution < -0.4 is 17.0 Å². The maximum absolute atomic E-state index is 11.7. The smallest absolute Gasteiger partial charge is 0.349 e. The van der Waals surface area contributed by atoms with Crippen molar-refractivity contribution in [2.75, 3.05) is 0 Å². The van der Waals surface area contributed by atoms with Crippen LogP contribution >= 0.6 is 0 Å². The van der Waals surface area contributed by atoms with Gasteiger partial charge in [-0.1, -0.05) is 12.1 Å². The number of rotatable bonds is 4. The lowest BCUT2D eigenvalue weighted by molar-refractivity contribution is -0.146. The van der Waals surface area contributed by atoms with E-state index in [2.05, 4.69) is 4.74 Å². The molecule has 2 atom stereocenters. The van der Waals surface area contributed by atoms with Crippen molar-refractivity contribution >= 4 is 17.9 Å². The van der Waals surface area contributed by atoms with Crippen LogP contribution in [0, 0.1) is 0 Å². The minimum Gasteiger partial charge on any atom is -0.424 e. The van der Waals surface area contributed by atoms with Crippen molar-refractivity contribution in [1.29, 1.82) is 0 Å². The van der Waals surface area contributed by atoms with E-state index in [1.54, 1.807) is 0 Å². The van der Waals surface area contributed by atoms with Gasteiger partial charge in [-0.3, -0.25) is 0 Å². The van der Waals surface area contributed by atoms with E-state index in [1.807, 2.05) is 0 Å². The van der Waals surface area contributed by atoms with Crippen molar-refractivity contribution in [3.05, 3.63) is 29.8 Å². The summed E-state index contributed by atoms with van der Waals surface area (Å²) in [5.41, 5.74) is -0.171. The van der Waals surface area contributed by atoms with Crippen LogP contribution in [0.15, 0.2) is 24.3 Å². The number of aliphatic hydroxyl groups excluding tert-OH is 2. The van der Waals surface area contributed by atoms with E-state index in [0.717, 1.165) is 6.92 Å². The minimum atomic E-state index is -1.45. The molecule has 9 heteroatoms. The molecule has 0 saturated carbocycles. The van der Waals surface area contributed by atoms with Gasteiger partial charge in [-0.25, -0.2) is 14.4 Å². The summed E-state index contributed by atoms with van der Waals surface area (Å²) in [7, 11) is 0. The van der Waals surface area contributed by atoms with Crippen molar-refractivity contribution < 1.29 is 34.1 Å². The molecule has 2 unspecified atom stereocenters. The van der Waals surface area contributed by atoms with Crippen LogP contribution in [-0.4, -0.2) is 40.3 Å². The fourth-order valence-corrected chi connectivity index (χ4v) is 1.15. The number of benzene rings is 1. The lowest BCUT2D eigenvalue weighted by Gasteiger charge is -2.10. The monoisotopic (exact) mass is 316 g/mol. The molecule has 1 rings (SSSR count). The molecule has 0 radical (unpaired) electrons. The molecule has 0 fully saturated rings. The molecule has 22 heavy (non-hydrogen) atoms. The number of para-hydroxylation sites is 1. The molecule has 1 aromatic carbocycles. The van der Waals surface area contributed by atoms with Crippen LogP contribution in [0.3, 0.4) is 0 Å². The zero-order chi connectivity index (χ0) is 15.3. The summed E-state index contributed by atoms with van der Waals surface area (Å²) in [6.07, 6.45) is -2.82. The number of esters is 3. The van der Waals surface area contributed by atoms with Crippen LogP contribution in [0.25, 0.3) is 0 Å². The van der Waals surface area contributed by atoms with Gasteiger partial charge in [-0.15, -0.1) is 0 Å². The van der Waals surface area contributed by atoms with Gasteiger partial charge in [-0.2, -0.15) is 0 Å². The van der Waals surface area contributed by atoms with Crippen LogP contribution in [-0.2, 0) is 14.3 Å². The normalized spacial score (nSPS) is 12.0. The Labute approximate surface area is 127 Å². The summed E-state index contributed by atoms with van der Waals surface area (Å²) < 4.78 is 9.21. The molecule has 0 aliphatic rings. The van der Waals surface area contributed by atoms with Gasteiger partial charge in [0.2, 0.25) is 0 Å². The average molecular weight is 316 g/mol. The van der Waals surface area contributed by atoms with E-state index >= 15 is 0 Å². The van der Waals surface area contributed by atoms with Gasteiger partial charge in [0.05, 0.1) is 0 Å². The highest BCUT2D eigenvalue weighted by atomic mass is 16.6. The SMILES string of the molecule is CC(O)C(=O)OC(=O)c1ccccc1OC(=O)C(C)O.N.N. The Kier molecular flexibility index (Phi) is 9.56. The van der Waals surface area contributed by atoms with Crippen molar-refractivity contribution in [1.82, 2.24) is 12.3 Å². The van der Waals surface area contributed by atoms with E-state index in [4.69, 9.17) is 14.9 Å². The van der Waals surface area contributed by atoms with Crippen LogP contribution in [0.1, 0.15) is 24.2 Å². The van der Waals surface area contributed by atoms with Crippen molar-refractivity contribution in [2.45, 2.75) is 26.1 Å². The maximum atomic E-state index is 11.7. The van der Waals surface area contributed by atoms with E-state index < -0.39 is 30.1 Å².